The Bertz CT molecular complexity index is 425. The zero-order valence-electron chi connectivity index (χ0n) is 11.3. The van der Waals surface area contributed by atoms with Crippen molar-refractivity contribution in [1.82, 2.24) is 5.32 Å². The Morgan fingerprint density at radius 2 is 1.94 bits per heavy atom. The molecule has 3 nitrogen and oxygen atoms in total. The van der Waals surface area contributed by atoms with Gasteiger partial charge in [-0.1, -0.05) is 6.07 Å². The first-order valence-corrected chi connectivity index (χ1v) is 5.85. The molecule has 0 spiro atoms. The zero-order valence-corrected chi connectivity index (χ0v) is 11.3. The predicted octanol–water partition coefficient (Wildman–Crippen LogP) is 2.30. The van der Waals surface area contributed by atoms with Gasteiger partial charge in [0.05, 0.1) is 7.11 Å². The lowest BCUT2D eigenvalue weighted by molar-refractivity contribution is -0.118. The molecule has 0 aliphatic heterocycles. The second-order valence-corrected chi connectivity index (χ2v) is 4.37. The van der Waals surface area contributed by atoms with Crippen LogP contribution in [0.3, 0.4) is 0 Å². The van der Waals surface area contributed by atoms with Crippen molar-refractivity contribution in [1.29, 1.82) is 0 Å². The first kappa shape index (κ1) is 13.6. The van der Waals surface area contributed by atoms with Crippen molar-refractivity contribution in [2.45, 2.75) is 34.1 Å². The van der Waals surface area contributed by atoms with Crippen molar-refractivity contribution in [3.8, 4) is 5.75 Å². The van der Waals surface area contributed by atoms with Crippen molar-refractivity contribution >= 4 is 5.91 Å². The molecule has 1 aromatic carbocycles. The molecule has 0 aliphatic rings. The Balaban J connectivity index is 2.90. The van der Waals surface area contributed by atoms with Crippen molar-refractivity contribution in [2.75, 3.05) is 13.7 Å². The van der Waals surface area contributed by atoms with E-state index in [-0.39, 0.29) is 5.91 Å². The van der Waals surface area contributed by atoms with Gasteiger partial charge in [0.25, 0.3) is 0 Å². The minimum atomic E-state index is 0.0182. The molecule has 3 heteroatoms. The number of rotatable bonds is 4. The van der Waals surface area contributed by atoms with E-state index >= 15 is 0 Å². The first-order valence-electron chi connectivity index (χ1n) is 5.85. The van der Waals surface area contributed by atoms with E-state index in [0.29, 0.717) is 6.54 Å². The van der Waals surface area contributed by atoms with Gasteiger partial charge in [-0.3, -0.25) is 4.79 Å². The van der Waals surface area contributed by atoms with Gasteiger partial charge in [0.1, 0.15) is 5.75 Å². The van der Waals surface area contributed by atoms with E-state index in [2.05, 4.69) is 25.2 Å². The summed E-state index contributed by atoms with van der Waals surface area (Å²) in [7, 11) is 1.70. The molecule has 94 valence electrons. The second-order valence-electron chi connectivity index (χ2n) is 4.37. The average molecular weight is 235 g/mol. The van der Waals surface area contributed by atoms with Crippen LogP contribution in [0.4, 0.5) is 0 Å². The molecule has 1 aromatic rings. The molecule has 0 heterocycles. The smallest absolute Gasteiger partial charge is 0.216 e. The molecule has 0 atom stereocenters. The van der Waals surface area contributed by atoms with E-state index in [1.54, 1.807) is 7.11 Å². The molecule has 0 unspecified atom stereocenters. The Hall–Kier alpha value is -1.51. The number of hydrogen-bond donors (Lipinski definition) is 1. The number of amides is 1. The fourth-order valence-corrected chi connectivity index (χ4v) is 2.09. The largest absolute Gasteiger partial charge is 0.496 e. The number of nitrogens with one attached hydrogen (secondary N) is 1. The molecule has 1 N–H and O–H groups in total. The fourth-order valence-electron chi connectivity index (χ4n) is 2.09. The maximum atomic E-state index is 10.8. The first-order chi connectivity index (χ1) is 7.97. The number of carbonyl (C=O) groups excluding carboxylic acids is 1. The third kappa shape index (κ3) is 3.22. The number of hydrogen-bond acceptors (Lipinski definition) is 2. The lowest BCUT2D eigenvalue weighted by Gasteiger charge is -2.15. The Morgan fingerprint density at radius 1 is 1.29 bits per heavy atom. The molecule has 0 saturated heterocycles. The summed E-state index contributed by atoms with van der Waals surface area (Å²) >= 11 is 0. The quantitative estimate of drug-likeness (QED) is 0.869. The van der Waals surface area contributed by atoms with Gasteiger partial charge in [-0.05, 0) is 49.4 Å². The third-order valence-corrected chi connectivity index (χ3v) is 3.11. The van der Waals surface area contributed by atoms with Crippen LogP contribution in [-0.2, 0) is 11.2 Å². The van der Waals surface area contributed by atoms with E-state index in [1.807, 2.05) is 6.92 Å². The molecule has 0 bridgehead atoms. The molecule has 0 fully saturated rings. The molecule has 0 aromatic heterocycles. The number of ether oxygens (including phenoxy) is 1. The highest BCUT2D eigenvalue weighted by atomic mass is 16.5. The van der Waals surface area contributed by atoms with Crippen molar-refractivity contribution in [3.63, 3.8) is 0 Å². The van der Waals surface area contributed by atoms with Gasteiger partial charge >= 0.3 is 0 Å². The molecule has 1 rings (SSSR count). The molecule has 0 aliphatic carbocycles. The SMILES string of the molecule is COc1c(C)cc(CCNC(C)=O)c(C)c1C. The normalized spacial score (nSPS) is 10.2. The Kier molecular flexibility index (Phi) is 4.55. The topological polar surface area (TPSA) is 38.3 Å². The summed E-state index contributed by atoms with van der Waals surface area (Å²) in [5.41, 5.74) is 4.85. The highest BCUT2D eigenvalue weighted by molar-refractivity contribution is 5.72. The third-order valence-electron chi connectivity index (χ3n) is 3.11. The van der Waals surface area contributed by atoms with Gasteiger partial charge in [-0.2, -0.15) is 0 Å². The van der Waals surface area contributed by atoms with E-state index in [4.69, 9.17) is 4.74 Å². The molecule has 0 saturated carbocycles. The van der Waals surface area contributed by atoms with E-state index in [1.165, 1.54) is 23.6 Å². The Morgan fingerprint density at radius 3 is 2.47 bits per heavy atom. The summed E-state index contributed by atoms with van der Waals surface area (Å²) < 4.78 is 5.38. The molecule has 1 amide bonds. The van der Waals surface area contributed by atoms with Gasteiger partial charge in [-0.15, -0.1) is 0 Å². The predicted molar refractivity (Wildman–Crippen MR) is 69.6 cm³/mol. The second kappa shape index (κ2) is 5.71. The van der Waals surface area contributed by atoms with Gasteiger partial charge in [0, 0.05) is 13.5 Å². The van der Waals surface area contributed by atoms with Crippen LogP contribution < -0.4 is 10.1 Å². The number of carbonyl (C=O) groups is 1. The maximum Gasteiger partial charge on any atom is 0.216 e. The zero-order chi connectivity index (χ0) is 13.0. The summed E-state index contributed by atoms with van der Waals surface area (Å²) in [5, 5.41) is 2.82. The van der Waals surface area contributed by atoms with Gasteiger partial charge in [0.2, 0.25) is 5.91 Å². The minimum Gasteiger partial charge on any atom is -0.496 e. The van der Waals surface area contributed by atoms with Crippen LogP contribution in [0.5, 0.6) is 5.75 Å². The maximum absolute atomic E-state index is 10.8. The van der Waals surface area contributed by atoms with Crippen molar-refractivity contribution in [3.05, 3.63) is 28.3 Å². The van der Waals surface area contributed by atoms with Gasteiger partial charge < -0.3 is 10.1 Å². The van der Waals surface area contributed by atoms with E-state index < -0.39 is 0 Å². The van der Waals surface area contributed by atoms with Crippen LogP contribution in [0, 0.1) is 20.8 Å². The molecule has 0 radical (unpaired) electrons. The summed E-state index contributed by atoms with van der Waals surface area (Å²) in [6, 6.07) is 2.14. The molecule has 17 heavy (non-hydrogen) atoms. The minimum absolute atomic E-state index is 0.0182. The lowest BCUT2D eigenvalue weighted by Crippen LogP contribution is -2.22. The summed E-state index contributed by atoms with van der Waals surface area (Å²) in [5.74, 6) is 0.982. The Labute approximate surface area is 103 Å². The molecular formula is C14H21NO2. The van der Waals surface area contributed by atoms with Crippen LogP contribution in [-0.4, -0.2) is 19.6 Å². The average Bonchev–Trinajstić information content (AvgIpc) is 2.25. The van der Waals surface area contributed by atoms with Crippen molar-refractivity contribution < 1.29 is 9.53 Å². The van der Waals surface area contributed by atoms with Crippen LogP contribution >= 0.6 is 0 Å². The van der Waals surface area contributed by atoms with E-state index in [0.717, 1.165) is 17.7 Å². The van der Waals surface area contributed by atoms with Gasteiger partial charge in [-0.25, -0.2) is 0 Å². The molecular weight excluding hydrogens is 214 g/mol. The van der Waals surface area contributed by atoms with Crippen LogP contribution in [0.1, 0.15) is 29.2 Å². The monoisotopic (exact) mass is 235 g/mol. The van der Waals surface area contributed by atoms with Crippen LogP contribution in [0.2, 0.25) is 0 Å². The van der Waals surface area contributed by atoms with Gasteiger partial charge in [0.15, 0.2) is 0 Å². The number of aryl methyl sites for hydroxylation is 1. The number of benzene rings is 1. The van der Waals surface area contributed by atoms with E-state index in [9.17, 15) is 4.79 Å². The number of methoxy groups -OCH3 is 1. The van der Waals surface area contributed by atoms with Crippen LogP contribution in [0.25, 0.3) is 0 Å². The highest BCUT2D eigenvalue weighted by Crippen LogP contribution is 2.28. The summed E-state index contributed by atoms with van der Waals surface area (Å²) in [6.45, 7) is 8.44. The fraction of sp³-hybridized carbons (Fsp3) is 0.500. The summed E-state index contributed by atoms with van der Waals surface area (Å²) in [6.07, 6.45) is 0.858. The van der Waals surface area contributed by atoms with Crippen molar-refractivity contribution in [2.24, 2.45) is 0 Å². The highest BCUT2D eigenvalue weighted by Gasteiger charge is 2.10. The van der Waals surface area contributed by atoms with Crippen LogP contribution in [0.15, 0.2) is 6.07 Å². The standard InChI is InChI=1S/C14H21NO2/c1-9-8-13(6-7-15-12(4)16)10(2)11(3)14(9)17-5/h8H,6-7H2,1-5H3,(H,15,16). The summed E-state index contributed by atoms with van der Waals surface area (Å²) in [4.78, 5) is 10.8. The lowest BCUT2D eigenvalue weighted by atomic mass is 9.96.